The summed E-state index contributed by atoms with van der Waals surface area (Å²) in [5.41, 5.74) is 0. The fourth-order valence-corrected chi connectivity index (χ4v) is 6.64. The summed E-state index contributed by atoms with van der Waals surface area (Å²) in [5.74, 6) is 0.185. The Labute approximate surface area is 91.4 Å². The Morgan fingerprint density at radius 1 is 1.45 bits per heavy atom. The second-order valence-electron chi connectivity index (χ2n) is 2.76. The van der Waals surface area contributed by atoms with Gasteiger partial charge < -0.3 is 0 Å². The molecule has 0 aromatic carbocycles. The molecule has 66 valence electrons. The summed E-state index contributed by atoms with van der Waals surface area (Å²) in [6.45, 7) is 1.86. The third kappa shape index (κ3) is 1.69. The summed E-state index contributed by atoms with van der Waals surface area (Å²) in [5, 5.41) is 0. The lowest BCUT2D eigenvalue weighted by Gasteiger charge is -2.21. The van der Waals surface area contributed by atoms with Crippen LogP contribution in [0.25, 0.3) is 0 Å². The summed E-state index contributed by atoms with van der Waals surface area (Å²) in [6.07, 6.45) is 0. The highest BCUT2D eigenvalue weighted by molar-refractivity contribution is 9.15. The van der Waals surface area contributed by atoms with Crippen molar-refractivity contribution in [2.75, 3.05) is 5.75 Å². The molecule has 11 heavy (non-hydrogen) atoms. The van der Waals surface area contributed by atoms with Crippen LogP contribution in [0.5, 0.6) is 0 Å². The van der Waals surface area contributed by atoms with Crippen LogP contribution in [-0.2, 0) is 9.84 Å². The molecule has 0 N–H and O–H groups in total. The molecule has 1 heterocycles. The van der Waals surface area contributed by atoms with Crippen LogP contribution in [0, 0.1) is 0 Å². The van der Waals surface area contributed by atoms with Crippen molar-refractivity contribution in [3.63, 3.8) is 0 Å². The Kier molecular flexibility index (Phi) is 2.82. The van der Waals surface area contributed by atoms with E-state index in [4.69, 9.17) is 0 Å². The maximum absolute atomic E-state index is 11.3. The molecular weight excluding hydrogens is 364 g/mol. The van der Waals surface area contributed by atoms with Gasteiger partial charge in [0.15, 0.2) is 9.84 Å². The van der Waals surface area contributed by atoms with Gasteiger partial charge in [-0.2, -0.15) is 0 Å². The van der Waals surface area contributed by atoms with E-state index in [1.807, 2.05) is 6.92 Å². The zero-order valence-electron chi connectivity index (χ0n) is 5.72. The molecule has 0 unspecified atom stereocenters. The molecule has 2 nitrogen and oxygen atoms in total. The average Bonchev–Trinajstić information content (AvgIpc) is 1.94. The van der Waals surface area contributed by atoms with E-state index < -0.39 is 18.3 Å². The van der Waals surface area contributed by atoms with Gasteiger partial charge in [0.25, 0.3) is 0 Å². The van der Waals surface area contributed by atoms with E-state index in [0.29, 0.717) is 0 Å². The highest BCUT2D eigenvalue weighted by Crippen LogP contribution is 2.44. The number of rotatable bonds is 0. The molecule has 0 saturated carbocycles. The first-order valence-electron chi connectivity index (χ1n) is 2.97. The summed E-state index contributed by atoms with van der Waals surface area (Å²) in [6, 6.07) is 0. The van der Waals surface area contributed by atoms with Crippen LogP contribution in [0.15, 0.2) is 0 Å². The maximum atomic E-state index is 11.3. The van der Waals surface area contributed by atoms with E-state index in [-0.39, 0.29) is 10.6 Å². The Hall–Kier alpha value is 1.39. The van der Waals surface area contributed by atoms with Gasteiger partial charge in [-0.1, -0.05) is 47.8 Å². The average molecular weight is 371 g/mol. The minimum Gasteiger partial charge on any atom is -0.228 e. The van der Waals surface area contributed by atoms with Crippen LogP contribution in [0.4, 0.5) is 0 Å². The molecule has 1 aliphatic rings. The van der Waals surface area contributed by atoms with Crippen molar-refractivity contribution in [2.45, 2.75) is 20.2 Å². The minimum absolute atomic E-state index is 0.0237. The zero-order chi connectivity index (χ0) is 8.86. The molecule has 3 atom stereocenters. The predicted molar refractivity (Wildman–Crippen MR) is 56.5 cm³/mol. The predicted octanol–water partition coefficient (Wildman–Crippen LogP) is 2.05. The van der Waals surface area contributed by atoms with Crippen LogP contribution >= 0.6 is 47.8 Å². The van der Waals surface area contributed by atoms with Crippen LogP contribution < -0.4 is 0 Å². The summed E-state index contributed by atoms with van der Waals surface area (Å²) < 4.78 is 21.7. The van der Waals surface area contributed by atoms with Gasteiger partial charge in [0.2, 0.25) is 0 Å². The Bertz CT molecular complexity index is 259. The van der Waals surface area contributed by atoms with Gasteiger partial charge in [-0.15, -0.1) is 0 Å². The fraction of sp³-hybridized carbons (Fsp3) is 1.00. The SMILES string of the molecule is C[C@]1(Br)[C@@H](Br)S(=O)(=O)C[C@@H]1Br. The van der Waals surface area contributed by atoms with Gasteiger partial charge in [-0.3, -0.25) is 0 Å². The Morgan fingerprint density at radius 2 is 1.91 bits per heavy atom. The van der Waals surface area contributed by atoms with Gasteiger partial charge in [-0.05, 0) is 6.92 Å². The van der Waals surface area contributed by atoms with Gasteiger partial charge >= 0.3 is 0 Å². The largest absolute Gasteiger partial charge is 0.228 e. The summed E-state index contributed by atoms with van der Waals surface area (Å²) in [4.78, 5) is -0.0237. The molecule has 1 fully saturated rings. The lowest BCUT2D eigenvalue weighted by atomic mass is 10.2. The van der Waals surface area contributed by atoms with Crippen LogP contribution in [0.2, 0.25) is 0 Å². The molecule has 1 saturated heterocycles. The number of hydrogen-bond donors (Lipinski definition) is 0. The quantitative estimate of drug-likeness (QED) is 0.612. The Morgan fingerprint density at radius 3 is 2.00 bits per heavy atom. The molecule has 1 aliphatic heterocycles. The lowest BCUT2D eigenvalue weighted by molar-refractivity contribution is 0.599. The monoisotopic (exact) mass is 368 g/mol. The minimum atomic E-state index is -2.96. The van der Waals surface area contributed by atoms with Crippen LogP contribution in [0.3, 0.4) is 0 Å². The van der Waals surface area contributed by atoms with Gasteiger partial charge in [-0.25, -0.2) is 8.42 Å². The number of alkyl halides is 3. The summed E-state index contributed by atoms with van der Waals surface area (Å²) >= 11 is 9.85. The second-order valence-corrected chi connectivity index (χ2v) is 9.23. The smallest absolute Gasteiger partial charge is 0.165 e. The first kappa shape index (κ1) is 10.5. The molecule has 1 rings (SSSR count). The first-order valence-corrected chi connectivity index (χ1v) is 7.31. The van der Waals surface area contributed by atoms with Crippen molar-refractivity contribution in [2.24, 2.45) is 0 Å². The van der Waals surface area contributed by atoms with E-state index in [1.165, 1.54) is 0 Å². The molecule has 0 bridgehead atoms. The topological polar surface area (TPSA) is 34.1 Å². The van der Waals surface area contributed by atoms with Crippen molar-refractivity contribution in [3.05, 3.63) is 0 Å². The molecule has 0 spiro atoms. The van der Waals surface area contributed by atoms with Gasteiger partial charge in [0, 0.05) is 4.83 Å². The molecular formula is C5H7Br3O2S. The van der Waals surface area contributed by atoms with E-state index in [0.717, 1.165) is 0 Å². The van der Waals surface area contributed by atoms with Crippen molar-refractivity contribution < 1.29 is 8.42 Å². The molecule has 6 heteroatoms. The van der Waals surface area contributed by atoms with Crippen LogP contribution in [-0.4, -0.2) is 27.5 Å². The van der Waals surface area contributed by atoms with Gasteiger partial charge in [0.1, 0.15) is 4.16 Å². The van der Waals surface area contributed by atoms with E-state index in [9.17, 15) is 8.42 Å². The number of sulfone groups is 1. The van der Waals surface area contributed by atoms with Crippen molar-refractivity contribution in [3.8, 4) is 0 Å². The molecule has 0 aliphatic carbocycles. The highest BCUT2D eigenvalue weighted by Gasteiger charge is 2.52. The van der Waals surface area contributed by atoms with E-state index >= 15 is 0 Å². The third-order valence-electron chi connectivity index (χ3n) is 1.75. The zero-order valence-corrected chi connectivity index (χ0v) is 11.3. The van der Waals surface area contributed by atoms with Gasteiger partial charge in [0.05, 0.1) is 10.1 Å². The first-order chi connectivity index (χ1) is 4.78. The van der Waals surface area contributed by atoms with Crippen LogP contribution in [0.1, 0.15) is 6.92 Å². The second kappa shape index (κ2) is 2.96. The number of hydrogen-bond acceptors (Lipinski definition) is 2. The lowest BCUT2D eigenvalue weighted by Crippen LogP contribution is -2.31. The van der Waals surface area contributed by atoms with E-state index in [2.05, 4.69) is 47.8 Å². The van der Waals surface area contributed by atoms with Crippen molar-refractivity contribution >= 4 is 57.6 Å². The van der Waals surface area contributed by atoms with E-state index in [1.54, 1.807) is 0 Å². The van der Waals surface area contributed by atoms with Crippen molar-refractivity contribution in [1.82, 2.24) is 0 Å². The van der Waals surface area contributed by atoms with Crippen molar-refractivity contribution in [1.29, 1.82) is 0 Å². The molecule has 0 radical (unpaired) electrons. The standard InChI is InChI=1S/C5H7Br3O2S/c1-5(8)3(6)2-11(9,10)4(5)7/h3-4H,2H2,1H3/t3-,4-,5+/m0/s1. The Balaban J connectivity index is 3.09. The summed E-state index contributed by atoms with van der Waals surface area (Å²) in [7, 11) is -2.96. The number of halogens is 3. The molecule has 0 aromatic heterocycles. The third-order valence-corrected chi connectivity index (χ3v) is 10.6. The maximum Gasteiger partial charge on any atom is 0.165 e. The normalized spacial score (nSPS) is 49.5. The fourth-order valence-electron chi connectivity index (χ4n) is 0.945. The highest BCUT2D eigenvalue weighted by atomic mass is 79.9. The molecule has 0 amide bonds. The molecule has 0 aromatic rings.